The van der Waals surface area contributed by atoms with Gasteiger partial charge in [-0.3, -0.25) is 9.69 Å². The van der Waals surface area contributed by atoms with Crippen LogP contribution >= 0.6 is 11.6 Å². The standard InChI is InChI=1S/C16H22ClNO/c1-11-8-12(2)10-18(9-11)13(3)16(19)14-4-6-15(17)7-5-14/h4-7,11-13H,8-10H2,1-3H3. The SMILES string of the molecule is CC1CC(C)CN(C(C)C(=O)c2ccc(Cl)cc2)C1. The van der Waals surface area contributed by atoms with Gasteiger partial charge in [0.2, 0.25) is 0 Å². The summed E-state index contributed by atoms with van der Waals surface area (Å²) < 4.78 is 0. The first kappa shape index (κ1) is 14.5. The minimum atomic E-state index is -0.0497. The lowest BCUT2D eigenvalue weighted by Gasteiger charge is -2.38. The summed E-state index contributed by atoms with van der Waals surface area (Å²) in [5.41, 5.74) is 0.753. The second kappa shape index (κ2) is 6.06. The Morgan fingerprint density at radius 2 is 1.74 bits per heavy atom. The van der Waals surface area contributed by atoms with E-state index in [1.54, 1.807) is 12.1 Å². The Kier molecular flexibility index (Phi) is 4.64. The summed E-state index contributed by atoms with van der Waals surface area (Å²) in [5, 5.41) is 0.671. The molecule has 1 saturated heterocycles. The third-order valence-electron chi connectivity index (χ3n) is 3.95. The van der Waals surface area contributed by atoms with Crippen LogP contribution in [0, 0.1) is 11.8 Å². The molecule has 2 nitrogen and oxygen atoms in total. The summed E-state index contributed by atoms with van der Waals surface area (Å²) >= 11 is 5.86. The zero-order chi connectivity index (χ0) is 14.0. The topological polar surface area (TPSA) is 20.3 Å². The molecule has 2 rings (SSSR count). The maximum atomic E-state index is 12.5. The molecule has 0 saturated carbocycles. The van der Waals surface area contributed by atoms with Crippen molar-refractivity contribution in [2.75, 3.05) is 13.1 Å². The molecule has 0 N–H and O–H groups in total. The van der Waals surface area contributed by atoms with E-state index >= 15 is 0 Å². The third-order valence-corrected chi connectivity index (χ3v) is 4.20. The summed E-state index contributed by atoms with van der Waals surface area (Å²) in [6, 6.07) is 7.15. The van der Waals surface area contributed by atoms with Gasteiger partial charge in [-0.2, -0.15) is 0 Å². The van der Waals surface area contributed by atoms with Crippen LogP contribution in [0.15, 0.2) is 24.3 Å². The van der Waals surface area contributed by atoms with Crippen LogP contribution in [0.5, 0.6) is 0 Å². The van der Waals surface area contributed by atoms with Crippen molar-refractivity contribution >= 4 is 17.4 Å². The lowest BCUT2D eigenvalue weighted by Crippen LogP contribution is -2.47. The maximum absolute atomic E-state index is 12.5. The molecule has 1 aromatic carbocycles. The van der Waals surface area contributed by atoms with Crippen LogP contribution in [-0.2, 0) is 0 Å². The molecule has 1 aromatic rings. The Balaban J connectivity index is 2.08. The van der Waals surface area contributed by atoms with Crippen molar-refractivity contribution in [3.63, 3.8) is 0 Å². The smallest absolute Gasteiger partial charge is 0.179 e. The van der Waals surface area contributed by atoms with Gasteiger partial charge in [0.15, 0.2) is 5.78 Å². The van der Waals surface area contributed by atoms with Gasteiger partial charge in [0, 0.05) is 23.7 Å². The van der Waals surface area contributed by atoms with Gasteiger partial charge < -0.3 is 0 Å². The summed E-state index contributed by atoms with van der Waals surface area (Å²) in [7, 11) is 0. The zero-order valence-corrected chi connectivity index (χ0v) is 12.7. The first-order chi connectivity index (χ1) is 8.97. The second-order valence-corrected chi connectivity index (χ2v) is 6.38. The van der Waals surface area contributed by atoms with E-state index in [4.69, 9.17) is 11.6 Å². The van der Waals surface area contributed by atoms with Crippen LogP contribution < -0.4 is 0 Å². The number of rotatable bonds is 3. The predicted molar refractivity (Wildman–Crippen MR) is 79.8 cm³/mol. The molecule has 104 valence electrons. The number of Topliss-reactive ketones (excluding diaryl/α,β-unsaturated/α-hetero) is 1. The molecule has 19 heavy (non-hydrogen) atoms. The molecule has 3 heteroatoms. The molecule has 3 unspecified atom stereocenters. The number of hydrogen-bond donors (Lipinski definition) is 0. The highest BCUT2D eigenvalue weighted by atomic mass is 35.5. The van der Waals surface area contributed by atoms with Crippen LogP contribution in [0.2, 0.25) is 5.02 Å². The van der Waals surface area contributed by atoms with Crippen LogP contribution in [0.3, 0.4) is 0 Å². The Labute approximate surface area is 120 Å². The van der Waals surface area contributed by atoms with Crippen molar-refractivity contribution in [3.05, 3.63) is 34.9 Å². The van der Waals surface area contributed by atoms with Crippen molar-refractivity contribution in [1.29, 1.82) is 0 Å². The van der Waals surface area contributed by atoms with Crippen molar-refractivity contribution < 1.29 is 4.79 Å². The van der Waals surface area contributed by atoms with Crippen LogP contribution in [0.1, 0.15) is 37.6 Å². The molecule has 0 spiro atoms. The first-order valence-corrected chi connectivity index (χ1v) is 7.39. The third kappa shape index (κ3) is 3.58. The van der Waals surface area contributed by atoms with E-state index in [1.807, 2.05) is 19.1 Å². The lowest BCUT2D eigenvalue weighted by atomic mass is 9.90. The quantitative estimate of drug-likeness (QED) is 0.783. The van der Waals surface area contributed by atoms with Crippen molar-refractivity contribution in [3.8, 4) is 0 Å². The summed E-state index contributed by atoms with van der Waals surface area (Å²) in [6.07, 6.45) is 1.26. The molecule has 1 aliphatic heterocycles. The van der Waals surface area contributed by atoms with E-state index in [2.05, 4.69) is 18.7 Å². The van der Waals surface area contributed by atoms with E-state index < -0.39 is 0 Å². The number of piperidine rings is 1. The molecule has 1 heterocycles. The first-order valence-electron chi connectivity index (χ1n) is 7.01. The molecule has 1 aliphatic rings. The maximum Gasteiger partial charge on any atom is 0.179 e. The number of carbonyl (C=O) groups is 1. The van der Waals surface area contributed by atoms with Crippen LogP contribution in [0.25, 0.3) is 0 Å². The van der Waals surface area contributed by atoms with E-state index in [0.717, 1.165) is 18.7 Å². The van der Waals surface area contributed by atoms with Gasteiger partial charge in [0.25, 0.3) is 0 Å². The van der Waals surface area contributed by atoms with Gasteiger partial charge in [0.05, 0.1) is 6.04 Å². The Morgan fingerprint density at radius 3 is 2.26 bits per heavy atom. The molecular weight excluding hydrogens is 258 g/mol. The summed E-state index contributed by atoms with van der Waals surface area (Å²) in [5.74, 6) is 1.53. The minimum absolute atomic E-state index is 0.0497. The fraction of sp³-hybridized carbons (Fsp3) is 0.562. The molecule has 0 aromatic heterocycles. The highest BCUT2D eigenvalue weighted by molar-refractivity contribution is 6.30. The zero-order valence-electron chi connectivity index (χ0n) is 11.9. The van der Waals surface area contributed by atoms with E-state index in [-0.39, 0.29) is 11.8 Å². The number of carbonyl (C=O) groups excluding carboxylic acids is 1. The molecular formula is C16H22ClNO. The molecule has 0 aliphatic carbocycles. The number of ketones is 1. The summed E-state index contributed by atoms with van der Waals surface area (Å²) in [6.45, 7) is 8.58. The van der Waals surface area contributed by atoms with Gasteiger partial charge in [-0.05, 0) is 49.4 Å². The average Bonchev–Trinajstić information content (AvgIpc) is 2.37. The second-order valence-electron chi connectivity index (χ2n) is 5.95. The predicted octanol–water partition coefficient (Wildman–Crippen LogP) is 3.89. The Bertz CT molecular complexity index is 433. The Morgan fingerprint density at radius 1 is 1.21 bits per heavy atom. The molecule has 1 fully saturated rings. The van der Waals surface area contributed by atoms with Crippen LogP contribution in [-0.4, -0.2) is 29.8 Å². The fourth-order valence-corrected chi connectivity index (χ4v) is 3.17. The van der Waals surface area contributed by atoms with Crippen molar-refractivity contribution in [2.24, 2.45) is 11.8 Å². The highest BCUT2D eigenvalue weighted by Crippen LogP contribution is 2.24. The van der Waals surface area contributed by atoms with Crippen LogP contribution in [0.4, 0.5) is 0 Å². The van der Waals surface area contributed by atoms with E-state index in [9.17, 15) is 4.79 Å². The number of likely N-dealkylation sites (tertiary alicyclic amines) is 1. The number of hydrogen-bond acceptors (Lipinski definition) is 2. The average molecular weight is 280 g/mol. The van der Waals surface area contributed by atoms with Gasteiger partial charge in [0.1, 0.15) is 0 Å². The van der Waals surface area contributed by atoms with E-state index in [1.165, 1.54) is 6.42 Å². The highest BCUT2D eigenvalue weighted by Gasteiger charge is 2.29. The van der Waals surface area contributed by atoms with Gasteiger partial charge >= 0.3 is 0 Å². The summed E-state index contributed by atoms with van der Waals surface area (Å²) in [4.78, 5) is 14.8. The van der Waals surface area contributed by atoms with Gasteiger partial charge in [-0.1, -0.05) is 25.4 Å². The van der Waals surface area contributed by atoms with Crippen molar-refractivity contribution in [2.45, 2.75) is 33.2 Å². The largest absolute Gasteiger partial charge is 0.293 e. The molecule has 3 atom stereocenters. The fourth-order valence-electron chi connectivity index (χ4n) is 3.05. The number of benzene rings is 1. The monoisotopic (exact) mass is 279 g/mol. The minimum Gasteiger partial charge on any atom is -0.293 e. The van der Waals surface area contributed by atoms with Gasteiger partial charge in [-0.15, -0.1) is 0 Å². The molecule has 0 radical (unpaired) electrons. The molecule has 0 amide bonds. The lowest BCUT2D eigenvalue weighted by molar-refractivity contribution is 0.0686. The van der Waals surface area contributed by atoms with Crippen molar-refractivity contribution in [1.82, 2.24) is 4.90 Å². The Hall–Kier alpha value is -0.860. The normalized spacial score (nSPS) is 26.1. The van der Waals surface area contributed by atoms with Gasteiger partial charge in [-0.25, -0.2) is 0 Å². The number of halogens is 1. The van der Waals surface area contributed by atoms with E-state index in [0.29, 0.717) is 16.9 Å². The number of nitrogens with zero attached hydrogens (tertiary/aromatic N) is 1. The molecule has 0 bridgehead atoms.